The summed E-state index contributed by atoms with van der Waals surface area (Å²) in [5.74, 6) is 1.13. The lowest BCUT2D eigenvalue weighted by molar-refractivity contribution is 0.0599. The number of pyridine rings is 1. The van der Waals surface area contributed by atoms with Crippen LogP contribution in [0.15, 0.2) is 48.8 Å². The summed E-state index contributed by atoms with van der Waals surface area (Å²) < 4.78 is 5.87. The first kappa shape index (κ1) is 16.1. The normalized spacial score (nSPS) is 19.0. The Labute approximate surface area is 148 Å². The molecule has 2 aliphatic heterocycles. The van der Waals surface area contributed by atoms with E-state index in [9.17, 15) is 4.79 Å². The van der Waals surface area contributed by atoms with E-state index in [4.69, 9.17) is 4.74 Å². The van der Waals surface area contributed by atoms with Crippen molar-refractivity contribution in [2.24, 2.45) is 0 Å². The van der Waals surface area contributed by atoms with E-state index in [0.717, 1.165) is 56.9 Å². The molecule has 0 N–H and O–H groups in total. The van der Waals surface area contributed by atoms with Crippen LogP contribution in [0.3, 0.4) is 0 Å². The molecular weight excluding hydrogens is 314 g/mol. The zero-order valence-corrected chi connectivity index (χ0v) is 14.3. The van der Waals surface area contributed by atoms with Crippen molar-refractivity contribution < 1.29 is 9.53 Å². The molecule has 25 heavy (non-hydrogen) atoms. The molecule has 3 heterocycles. The van der Waals surface area contributed by atoms with Crippen molar-refractivity contribution in [2.75, 3.05) is 26.2 Å². The average molecular weight is 337 g/mol. The maximum Gasteiger partial charge on any atom is 0.253 e. The molecule has 1 aromatic carbocycles. The lowest BCUT2D eigenvalue weighted by Crippen LogP contribution is -2.47. The number of hydrogen-bond acceptors (Lipinski definition) is 4. The van der Waals surface area contributed by atoms with Crippen LogP contribution in [-0.2, 0) is 6.54 Å². The molecule has 1 amide bonds. The van der Waals surface area contributed by atoms with Gasteiger partial charge in [0, 0.05) is 55.7 Å². The number of fused-ring (bicyclic) bond motifs is 1. The number of rotatable bonds is 2. The molecule has 0 aliphatic carbocycles. The van der Waals surface area contributed by atoms with E-state index in [-0.39, 0.29) is 5.91 Å². The van der Waals surface area contributed by atoms with Crippen molar-refractivity contribution >= 4 is 5.91 Å². The van der Waals surface area contributed by atoms with Gasteiger partial charge in [0.15, 0.2) is 0 Å². The number of para-hydroxylation sites is 1. The van der Waals surface area contributed by atoms with Gasteiger partial charge in [-0.1, -0.05) is 18.2 Å². The maximum absolute atomic E-state index is 12.6. The standard InChI is InChI=1S/C20H23N3O2/c24-20(16-5-9-21-10-6-16)22-11-7-18(8-12-22)23-13-14-25-19-4-2-1-3-17(19)15-23/h1-6,9-10,18H,7-8,11-15H2. The van der Waals surface area contributed by atoms with Gasteiger partial charge < -0.3 is 9.64 Å². The molecule has 130 valence electrons. The third kappa shape index (κ3) is 3.51. The molecule has 1 saturated heterocycles. The highest BCUT2D eigenvalue weighted by atomic mass is 16.5. The molecule has 1 aromatic heterocycles. The zero-order chi connectivity index (χ0) is 17.1. The van der Waals surface area contributed by atoms with Gasteiger partial charge in [-0.15, -0.1) is 0 Å². The predicted octanol–water partition coefficient (Wildman–Crippen LogP) is 2.58. The molecule has 0 bridgehead atoms. The van der Waals surface area contributed by atoms with E-state index >= 15 is 0 Å². The van der Waals surface area contributed by atoms with E-state index in [0.29, 0.717) is 6.04 Å². The summed E-state index contributed by atoms with van der Waals surface area (Å²) in [6, 6.07) is 12.4. The first-order chi connectivity index (χ1) is 12.3. The summed E-state index contributed by atoms with van der Waals surface area (Å²) in [7, 11) is 0. The molecule has 0 radical (unpaired) electrons. The number of carbonyl (C=O) groups excluding carboxylic acids is 1. The molecule has 0 saturated carbocycles. The zero-order valence-electron chi connectivity index (χ0n) is 14.3. The second kappa shape index (κ2) is 7.23. The third-order valence-electron chi connectivity index (χ3n) is 5.18. The molecule has 5 heteroatoms. The van der Waals surface area contributed by atoms with Crippen LogP contribution < -0.4 is 4.74 Å². The molecular formula is C20H23N3O2. The van der Waals surface area contributed by atoms with Gasteiger partial charge in [0.1, 0.15) is 12.4 Å². The van der Waals surface area contributed by atoms with Gasteiger partial charge in [-0.3, -0.25) is 14.7 Å². The summed E-state index contributed by atoms with van der Waals surface area (Å²) in [4.78, 5) is 21.0. The Morgan fingerprint density at radius 1 is 1.04 bits per heavy atom. The number of amides is 1. The van der Waals surface area contributed by atoms with Crippen LogP contribution in [0.5, 0.6) is 5.75 Å². The first-order valence-electron chi connectivity index (χ1n) is 8.95. The van der Waals surface area contributed by atoms with Crippen LogP contribution in [0.2, 0.25) is 0 Å². The highest BCUT2D eigenvalue weighted by Gasteiger charge is 2.28. The highest BCUT2D eigenvalue weighted by Crippen LogP contribution is 2.26. The van der Waals surface area contributed by atoms with Gasteiger partial charge in [0.05, 0.1) is 0 Å². The minimum Gasteiger partial charge on any atom is -0.492 e. The summed E-state index contributed by atoms with van der Waals surface area (Å²) in [6.07, 6.45) is 5.38. The molecule has 2 aliphatic rings. The number of carbonyl (C=O) groups is 1. The van der Waals surface area contributed by atoms with E-state index in [1.54, 1.807) is 24.5 Å². The smallest absolute Gasteiger partial charge is 0.253 e. The Hall–Kier alpha value is -2.40. The van der Waals surface area contributed by atoms with E-state index < -0.39 is 0 Å². The first-order valence-corrected chi connectivity index (χ1v) is 8.95. The van der Waals surface area contributed by atoms with Gasteiger partial charge in [0.2, 0.25) is 0 Å². The molecule has 1 fully saturated rings. The molecule has 0 spiro atoms. The van der Waals surface area contributed by atoms with Crippen LogP contribution in [0.4, 0.5) is 0 Å². The van der Waals surface area contributed by atoms with Crippen molar-refractivity contribution in [3.05, 3.63) is 59.9 Å². The molecule has 0 unspecified atom stereocenters. The minimum atomic E-state index is 0.116. The Morgan fingerprint density at radius 2 is 1.80 bits per heavy atom. The summed E-state index contributed by atoms with van der Waals surface area (Å²) in [6.45, 7) is 4.22. The summed E-state index contributed by atoms with van der Waals surface area (Å²) in [5, 5.41) is 0. The van der Waals surface area contributed by atoms with Gasteiger partial charge in [-0.05, 0) is 31.0 Å². The number of ether oxygens (including phenoxy) is 1. The predicted molar refractivity (Wildman–Crippen MR) is 95.5 cm³/mol. The van der Waals surface area contributed by atoms with Crippen LogP contribution >= 0.6 is 0 Å². The quantitative estimate of drug-likeness (QED) is 0.845. The summed E-state index contributed by atoms with van der Waals surface area (Å²) in [5.41, 5.74) is 1.99. The third-order valence-corrected chi connectivity index (χ3v) is 5.18. The van der Waals surface area contributed by atoms with Crippen LogP contribution in [0, 0.1) is 0 Å². The second-order valence-electron chi connectivity index (χ2n) is 6.69. The van der Waals surface area contributed by atoms with Crippen molar-refractivity contribution in [3.8, 4) is 5.75 Å². The van der Waals surface area contributed by atoms with Gasteiger partial charge >= 0.3 is 0 Å². The SMILES string of the molecule is O=C(c1ccncc1)N1CCC(N2CCOc3ccccc3C2)CC1. The van der Waals surface area contributed by atoms with Crippen molar-refractivity contribution in [1.82, 2.24) is 14.8 Å². The number of likely N-dealkylation sites (tertiary alicyclic amines) is 1. The largest absolute Gasteiger partial charge is 0.492 e. The van der Waals surface area contributed by atoms with E-state index in [2.05, 4.69) is 28.1 Å². The highest BCUT2D eigenvalue weighted by molar-refractivity contribution is 5.94. The number of aromatic nitrogens is 1. The van der Waals surface area contributed by atoms with Crippen molar-refractivity contribution in [1.29, 1.82) is 0 Å². The molecule has 5 nitrogen and oxygen atoms in total. The Balaban J connectivity index is 1.38. The fraction of sp³-hybridized carbons (Fsp3) is 0.400. The maximum atomic E-state index is 12.6. The number of hydrogen-bond donors (Lipinski definition) is 0. The van der Waals surface area contributed by atoms with Crippen LogP contribution in [-0.4, -0.2) is 53.0 Å². The molecule has 4 rings (SSSR count). The van der Waals surface area contributed by atoms with Gasteiger partial charge in [-0.2, -0.15) is 0 Å². The monoisotopic (exact) mass is 337 g/mol. The number of piperidine rings is 1. The average Bonchev–Trinajstić information content (AvgIpc) is 2.91. The van der Waals surface area contributed by atoms with Gasteiger partial charge in [0.25, 0.3) is 5.91 Å². The summed E-state index contributed by atoms with van der Waals surface area (Å²) >= 11 is 0. The lowest BCUT2D eigenvalue weighted by atomic mass is 10.0. The van der Waals surface area contributed by atoms with E-state index in [1.807, 2.05) is 11.0 Å². The van der Waals surface area contributed by atoms with Crippen LogP contribution in [0.1, 0.15) is 28.8 Å². The minimum absolute atomic E-state index is 0.116. The van der Waals surface area contributed by atoms with Gasteiger partial charge in [-0.25, -0.2) is 0 Å². The van der Waals surface area contributed by atoms with E-state index in [1.165, 1.54) is 5.56 Å². The lowest BCUT2D eigenvalue weighted by Gasteiger charge is -2.38. The van der Waals surface area contributed by atoms with Crippen molar-refractivity contribution in [2.45, 2.75) is 25.4 Å². The molecule has 0 atom stereocenters. The number of benzene rings is 1. The molecule has 2 aromatic rings. The fourth-order valence-corrected chi connectivity index (χ4v) is 3.77. The Bertz CT molecular complexity index is 727. The van der Waals surface area contributed by atoms with Crippen molar-refractivity contribution in [3.63, 3.8) is 0 Å². The number of nitrogens with zero attached hydrogens (tertiary/aromatic N) is 3. The Kier molecular flexibility index (Phi) is 4.65. The second-order valence-corrected chi connectivity index (χ2v) is 6.69. The Morgan fingerprint density at radius 3 is 2.60 bits per heavy atom. The topological polar surface area (TPSA) is 45.7 Å². The fourth-order valence-electron chi connectivity index (χ4n) is 3.77. The van der Waals surface area contributed by atoms with Crippen LogP contribution in [0.25, 0.3) is 0 Å².